The summed E-state index contributed by atoms with van der Waals surface area (Å²) in [6, 6.07) is 0. The quantitative estimate of drug-likeness (QED) is 0.910. The minimum Gasteiger partial charge on any atom is -0.477 e. The highest BCUT2D eigenvalue weighted by Gasteiger charge is 2.32. The minimum absolute atomic E-state index is 0.419. The van der Waals surface area contributed by atoms with Gasteiger partial charge in [-0.2, -0.15) is 0 Å². The molecule has 4 nitrogen and oxygen atoms in total. The van der Waals surface area contributed by atoms with Gasteiger partial charge in [0, 0.05) is 5.92 Å². The van der Waals surface area contributed by atoms with Gasteiger partial charge in [0.05, 0.1) is 12.2 Å². The second-order valence-electron chi connectivity index (χ2n) is 5.24. The third kappa shape index (κ3) is 2.57. The first-order valence-corrected chi connectivity index (χ1v) is 7.51. The summed E-state index contributed by atoms with van der Waals surface area (Å²) in [6.07, 6.45) is 6.04. The molecular formula is C13H18N2O2S. The molecule has 18 heavy (non-hydrogen) atoms. The van der Waals surface area contributed by atoms with Gasteiger partial charge in [-0.15, -0.1) is 11.3 Å². The number of aromatic carboxylic acids is 1. The Morgan fingerprint density at radius 2 is 2.06 bits per heavy atom. The number of piperidine rings is 1. The monoisotopic (exact) mass is 266 g/mol. The normalized spacial score (nSPS) is 21.1. The Labute approximate surface area is 111 Å². The molecule has 2 heterocycles. The third-order valence-electron chi connectivity index (χ3n) is 3.66. The van der Waals surface area contributed by atoms with Crippen LogP contribution >= 0.6 is 11.3 Å². The Bertz CT molecular complexity index is 448. The Hall–Kier alpha value is -0.940. The van der Waals surface area contributed by atoms with Gasteiger partial charge in [-0.25, -0.2) is 9.78 Å². The van der Waals surface area contributed by atoms with E-state index in [4.69, 9.17) is 0 Å². The smallest absolute Gasteiger partial charge is 0.347 e. The van der Waals surface area contributed by atoms with Gasteiger partial charge in [0.1, 0.15) is 9.88 Å². The predicted molar refractivity (Wildman–Crippen MR) is 70.2 cm³/mol. The molecule has 98 valence electrons. The lowest BCUT2D eigenvalue weighted by Gasteiger charge is -2.25. The second-order valence-corrected chi connectivity index (χ2v) is 6.32. The topological polar surface area (TPSA) is 53.4 Å². The summed E-state index contributed by atoms with van der Waals surface area (Å²) in [7, 11) is 0. The van der Waals surface area contributed by atoms with Crippen LogP contribution in [0.3, 0.4) is 0 Å². The first-order valence-electron chi connectivity index (χ1n) is 6.69. The van der Waals surface area contributed by atoms with Crippen LogP contribution in [0.25, 0.3) is 0 Å². The molecule has 1 aromatic rings. The Kier molecular flexibility index (Phi) is 3.35. The van der Waals surface area contributed by atoms with Crippen molar-refractivity contribution < 1.29 is 9.90 Å². The van der Waals surface area contributed by atoms with Crippen molar-refractivity contribution in [3.63, 3.8) is 0 Å². The maximum atomic E-state index is 11.2. The van der Waals surface area contributed by atoms with Crippen molar-refractivity contribution in [2.45, 2.75) is 44.6 Å². The highest BCUT2D eigenvalue weighted by atomic mass is 32.1. The molecule has 0 amide bonds. The molecule has 0 unspecified atom stereocenters. The largest absolute Gasteiger partial charge is 0.477 e. The van der Waals surface area contributed by atoms with Crippen LogP contribution in [0.2, 0.25) is 0 Å². The first-order chi connectivity index (χ1) is 8.74. The van der Waals surface area contributed by atoms with Crippen molar-refractivity contribution in [2.24, 2.45) is 0 Å². The van der Waals surface area contributed by atoms with E-state index in [1.165, 1.54) is 30.6 Å². The SMILES string of the molecule is O=C(O)c1sc(CN2CCCCC2)nc1C1CC1. The van der Waals surface area contributed by atoms with Crippen LogP contribution < -0.4 is 0 Å². The average Bonchev–Trinajstić information content (AvgIpc) is 3.12. The number of carboxylic acids is 1. The van der Waals surface area contributed by atoms with E-state index in [9.17, 15) is 9.90 Å². The van der Waals surface area contributed by atoms with Crippen LogP contribution in [0.1, 0.15) is 58.4 Å². The number of rotatable bonds is 4. The fourth-order valence-electron chi connectivity index (χ4n) is 2.54. The predicted octanol–water partition coefficient (Wildman–Crippen LogP) is 2.70. The molecule has 1 N–H and O–H groups in total. The number of carboxylic acid groups (broad SMARTS) is 1. The van der Waals surface area contributed by atoms with E-state index >= 15 is 0 Å². The number of hydrogen-bond acceptors (Lipinski definition) is 4. The van der Waals surface area contributed by atoms with Crippen molar-refractivity contribution in [3.05, 3.63) is 15.6 Å². The van der Waals surface area contributed by atoms with Gasteiger partial charge in [0.25, 0.3) is 0 Å². The summed E-state index contributed by atoms with van der Waals surface area (Å²) >= 11 is 1.38. The zero-order chi connectivity index (χ0) is 12.5. The lowest BCUT2D eigenvalue weighted by Crippen LogP contribution is -2.29. The van der Waals surface area contributed by atoms with Crippen molar-refractivity contribution in [3.8, 4) is 0 Å². The Morgan fingerprint density at radius 3 is 2.67 bits per heavy atom. The van der Waals surface area contributed by atoms with Crippen molar-refractivity contribution in [1.29, 1.82) is 0 Å². The van der Waals surface area contributed by atoms with Crippen LogP contribution in [-0.2, 0) is 6.54 Å². The molecule has 1 aliphatic carbocycles. The first kappa shape index (κ1) is 12.1. The maximum absolute atomic E-state index is 11.2. The third-order valence-corrected chi connectivity index (χ3v) is 4.71. The number of likely N-dealkylation sites (tertiary alicyclic amines) is 1. The molecule has 2 fully saturated rings. The lowest BCUT2D eigenvalue weighted by atomic mass is 10.1. The van der Waals surface area contributed by atoms with Crippen LogP contribution in [0.15, 0.2) is 0 Å². The standard InChI is InChI=1S/C13H18N2O2S/c16-13(17)12-11(9-4-5-9)14-10(18-12)8-15-6-2-1-3-7-15/h9H,1-8H2,(H,16,17). The summed E-state index contributed by atoms with van der Waals surface area (Å²) in [5.41, 5.74) is 0.847. The molecular weight excluding hydrogens is 248 g/mol. The summed E-state index contributed by atoms with van der Waals surface area (Å²) in [5.74, 6) is -0.387. The maximum Gasteiger partial charge on any atom is 0.347 e. The van der Waals surface area contributed by atoms with Gasteiger partial charge < -0.3 is 5.11 Å². The lowest BCUT2D eigenvalue weighted by molar-refractivity contribution is 0.0700. The number of thiazole rings is 1. The zero-order valence-corrected chi connectivity index (χ0v) is 11.2. The summed E-state index contributed by atoms with van der Waals surface area (Å²) in [6.45, 7) is 3.08. The molecule has 0 bridgehead atoms. The molecule has 2 aliphatic rings. The molecule has 0 atom stereocenters. The summed E-state index contributed by atoms with van der Waals surface area (Å²) < 4.78 is 0. The van der Waals surface area contributed by atoms with E-state index in [1.54, 1.807) is 0 Å². The van der Waals surface area contributed by atoms with Gasteiger partial charge in [0.15, 0.2) is 0 Å². The van der Waals surface area contributed by atoms with Crippen LogP contribution in [0, 0.1) is 0 Å². The van der Waals surface area contributed by atoms with Crippen molar-refractivity contribution in [2.75, 3.05) is 13.1 Å². The molecule has 3 rings (SSSR count). The molecule has 1 aliphatic heterocycles. The summed E-state index contributed by atoms with van der Waals surface area (Å²) in [5, 5.41) is 10.2. The average molecular weight is 266 g/mol. The van der Waals surface area contributed by atoms with E-state index in [1.807, 2.05) is 0 Å². The Morgan fingerprint density at radius 1 is 1.33 bits per heavy atom. The van der Waals surface area contributed by atoms with E-state index in [0.717, 1.165) is 43.2 Å². The highest BCUT2D eigenvalue weighted by Crippen LogP contribution is 2.42. The summed E-state index contributed by atoms with van der Waals surface area (Å²) in [4.78, 5) is 18.7. The second kappa shape index (κ2) is 4.97. The van der Waals surface area contributed by atoms with Gasteiger partial charge in [-0.3, -0.25) is 4.90 Å². The van der Waals surface area contributed by atoms with Crippen molar-refractivity contribution >= 4 is 17.3 Å². The van der Waals surface area contributed by atoms with Crippen LogP contribution in [0.5, 0.6) is 0 Å². The van der Waals surface area contributed by atoms with E-state index in [0.29, 0.717) is 10.8 Å². The molecule has 1 aromatic heterocycles. The van der Waals surface area contributed by atoms with Gasteiger partial charge in [-0.05, 0) is 38.8 Å². The van der Waals surface area contributed by atoms with E-state index < -0.39 is 5.97 Å². The van der Waals surface area contributed by atoms with Crippen LogP contribution in [-0.4, -0.2) is 34.0 Å². The fraction of sp³-hybridized carbons (Fsp3) is 0.692. The van der Waals surface area contributed by atoms with E-state index in [2.05, 4.69) is 9.88 Å². The number of nitrogens with zero attached hydrogens (tertiary/aromatic N) is 2. The number of aromatic nitrogens is 1. The molecule has 0 radical (unpaired) electrons. The molecule has 1 saturated carbocycles. The molecule has 1 saturated heterocycles. The molecule has 0 spiro atoms. The van der Waals surface area contributed by atoms with Crippen LogP contribution in [0.4, 0.5) is 0 Å². The fourth-order valence-corrected chi connectivity index (χ4v) is 3.57. The molecule has 5 heteroatoms. The highest BCUT2D eigenvalue weighted by molar-refractivity contribution is 7.13. The van der Waals surface area contributed by atoms with Gasteiger partial charge in [0.2, 0.25) is 0 Å². The Balaban J connectivity index is 1.75. The van der Waals surface area contributed by atoms with Crippen molar-refractivity contribution in [1.82, 2.24) is 9.88 Å². The number of carbonyl (C=O) groups is 1. The van der Waals surface area contributed by atoms with Gasteiger partial charge in [-0.1, -0.05) is 6.42 Å². The van der Waals surface area contributed by atoms with E-state index in [-0.39, 0.29) is 0 Å². The number of hydrogen-bond donors (Lipinski definition) is 1. The zero-order valence-electron chi connectivity index (χ0n) is 10.4. The van der Waals surface area contributed by atoms with Gasteiger partial charge >= 0.3 is 5.97 Å². The minimum atomic E-state index is -0.806. The molecule has 0 aromatic carbocycles.